The van der Waals surface area contributed by atoms with Crippen molar-refractivity contribution in [1.29, 1.82) is 0 Å². The number of ether oxygens (including phenoxy) is 1. The van der Waals surface area contributed by atoms with E-state index in [9.17, 15) is 9.59 Å². The average molecular weight is 370 g/mol. The minimum atomic E-state index is -0.439. The standard InChI is InChI=1S/C20H22N2O3S/c1-3-8-16-18(23)21-20(24)22(13-25-4-2)19(16)26-17-12-7-10-14-9-5-6-11-15(14)17/h5-7,9-12H,3-4,8,13H2,1-2H3,(H,21,23,24). The molecule has 136 valence electrons. The Balaban J connectivity index is 2.18. The van der Waals surface area contributed by atoms with Crippen molar-refractivity contribution in [3.05, 3.63) is 68.9 Å². The molecule has 0 fully saturated rings. The van der Waals surface area contributed by atoms with Gasteiger partial charge in [-0.05, 0) is 30.2 Å². The molecule has 0 saturated carbocycles. The topological polar surface area (TPSA) is 64.1 Å². The van der Waals surface area contributed by atoms with Gasteiger partial charge in [-0.25, -0.2) is 4.79 Å². The van der Waals surface area contributed by atoms with Gasteiger partial charge in [0.25, 0.3) is 5.56 Å². The van der Waals surface area contributed by atoms with E-state index in [1.165, 1.54) is 16.3 Å². The van der Waals surface area contributed by atoms with Crippen molar-refractivity contribution in [1.82, 2.24) is 9.55 Å². The zero-order chi connectivity index (χ0) is 18.5. The second kappa shape index (κ2) is 8.38. The number of nitrogens with one attached hydrogen (secondary N) is 1. The number of hydrogen-bond donors (Lipinski definition) is 1. The molecule has 0 saturated heterocycles. The summed E-state index contributed by atoms with van der Waals surface area (Å²) in [6.45, 7) is 4.51. The fourth-order valence-electron chi connectivity index (χ4n) is 2.87. The molecule has 0 aliphatic rings. The fourth-order valence-corrected chi connectivity index (χ4v) is 4.08. The predicted octanol–water partition coefficient (Wildman–Crippen LogP) is 3.79. The van der Waals surface area contributed by atoms with Crippen LogP contribution in [0.3, 0.4) is 0 Å². The van der Waals surface area contributed by atoms with Crippen LogP contribution in [0.2, 0.25) is 0 Å². The maximum absolute atomic E-state index is 12.4. The van der Waals surface area contributed by atoms with Gasteiger partial charge in [0.1, 0.15) is 6.73 Å². The van der Waals surface area contributed by atoms with Gasteiger partial charge in [-0.1, -0.05) is 61.5 Å². The highest BCUT2D eigenvalue weighted by Crippen LogP contribution is 2.34. The van der Waals surface area contributed by atoms with Crippen molar-refractivity contribution in [2.75, 3.05) is 6.61 Å². The molecule has 1 N–H and O–H groups in total. The van der Waals surface area contributed by atoms with Gasteiger partial charge in [0.15, 0.2) is 0 Å². The van der Waals surface area contributed by atoms with E-state index in [2.05, 4.69) is 23.2 Å². The number of aromatic nitrogens is 2. The largest absolute Gasteiger partial charge is 0.361 e. The molecule has 0 radical (unpaired) electrons. The molecule has 5 nitrogen and oxygen atoms in total. The number of hydrogen-bond acceptors (Lipinski definition) is 4. The zero-order valence-corrected chi connectivity index (χ0v) is 15.8. The molecule has 0 amide bonds. The highest BCUT2D eigenvalue weighted by molar-refractivity contribution is 7.99. The molecular formula is C20H22N2O3S. The summed E-state index contributed by atoms with van der Waals surface area (Å²) in [6.07, 6.45) is 1.42. The SMILES string of the molecule is CCCc1c(Sc2cccc3ccccc23)n(COCC)c(=O)[nH]c1=O. The molecule has 1 heterocycles. The lowest BCUT2D eigenvalue weighted by molar-refractivity contribution is 0.0779. The lowest BCUT2D eigenvalue weighted by Gasteiger charge is -2.16. The van der Waals surface area contributed by atoms with Gasteiger partial charge in [-0.2, -0.15) is 0 Å². The average Bonchev–Trinajstić information content (AvgIpc) is 2.64. The maximum Gasteiger partial charge on any atom is 0.331 e. The van der Waals surface area contributed by atoms with Crippen LogP contribution in [0.1, 0.15) is 25.8 Å². The molecule has 0 aliphatic carbocycles. The first-order chi connectivity index (χ1) is 12.7. The molecule has 1 aromatic heterocycles. The van der Waals surface area contributed by atoms with Crippen LogP contribution in [0.15, 0.2) is 62.0 Å². The summed E-state index contributed by atoms with van der Waals surface area (Å²) in [7, 11) is 0. The van der Waals surface area contributed by atoms with Crippen molar-refractivity contribution in [2.45, 2.75) is 43.3 Å². The Morgan fingerprint density at radius 2 is 1.85 bits per heavy atom. The maximum atomic E-state index is 12.4. The van der Waals surface area contributed by atoms with Crippen LogP contribution in [0.4, 0.5) is 0 Å². The summed E-state index contributed by atoms with van der Waals surface area (Å²) in [6, 6.07) is 14.1. The van der Waals surface area contributed by atoms with Gasteiger partial charge in [-0.3, -0.25) is 14.3 Å². The van der Waals surface area contributed by atoms with E-state index in [0.717, 1.165) is 22.1 Å². The Hall–Kier alpha value is -2.31. The Labute approximate surface area is 156 Å². The van der Waals surface area contributed by atoms with Crippen molar-refractivity contribution >= 4 is 22.5 Å². The number of rotatable bonds is 7. The lowest BCUT2D eigenvalue weighted by Crippen LogP contribution is -2.34. The van der Waals surface area contributed by atoms with Gasteiger partial charge < -0.3 is 4.74 Å². The van der Waals surface area contributed by atoms with E-state index >= 15 is 0 Å². The minimum absolute atomic E-state index is 0.121. The number of benzene rings is 2. The van der Waals surface area contributed by atoms with Crippen LogP contribution in [0.5, 0.6) is 0 Å². The van der Waals surface area contributed by atoms with Crippen LogP contribution >= 0.6 is 11.8 Å². The van der Waals surface area contributed by atoms with E-state index in [4.69, 9.17) is 4.74 Å². The Kier molecular flexibility index (Phi) is 5.96. The van der Waals surface area contributed by atoms with Gasteiger partial charge in [0.2, 0.25) is 0 Å². The van der Waals surface area contributed by atoms with Gasteiger partial charge in [0, 0.05) is 17.1 Å². The summed E-state index contributed by atoms with van der Waals surface area (Å²) in [5.74, 6) is 0. The number of fused-ring (bicyclic) bond motifs is 1. The molecule has 0 spiro atoms. The van der Waals surface area contributed by atoms with Crippen LogP contribution in [0, 0.1) is 0 Å². The van der Waals surface area contributed by atoms with Crippen molar-refractivity contribution < 1.29 is 4.74 Å². The molecule has 0 bridgehead atoms. The lowest BCUT2D eigenvalue weighted by atomic mass is 10.1. The smallest absolute Gasteiger partial charge is 0.331 e. The highest BCUT2D eigenvalue weighted by atomic mass is 32.2. The van der Waals surface area contributed by atoms with Crippen LogP contribution in [0.25, 0.3) is 10.8 Å². The van der Waals surface area contributed by atoms with E-state index in [1.807, 2.05) is 38.1 Å². The van der Waals surface area contributed by atoms with Gasteiger partial charge >= 0.3 is 5.69 Å². The van der Waals surface area contributed by atoms with Crippen LogP contribution in [-0.2, 0) is 17.9 Å². The number of aromatic amines is 1. The van der Waals surface area contributed by atoms with Crippen molar-refractivity contribution in [3.8, 4) is 0 Å². The molecule has 0 aliphatic heterocycles. The van der Waals surface area contributed by atoms with Gasteiger partial charge in [-0.15, -0.1) is 0 Å². The Bertz CT molecular complexity index is 1020. The first kappa shape index (κ1) is 18.5. The molecule has 2 aromatic carbocycles. The molecular weight excluding hydrogens is 348 g/mol. The number of nitrogens with zero attached hydrogens (tertiary/aromatic N) is 1. The van der Waals surface area contributed by atoms with E-state index in [-0.39, 0.29) is 12.3 Å². The van der Waals surface area contributed by atoms with Gasteiger partial charge in [0.05, 0.1) is 5.03 Å². The van der Waals surface area contributed by atoms with Crippen LogP contribution < -0.4 is 11.2 Å². The molecule has 3 rings (SSSR count). The van der Waals surface area contributed by atoms with E-state index < -0.39 is 5.69 Å². The van der Waals surface area contributed by atoms with Crippen molar-refractivity contribution in [2.24, 2.45) is 0 Å². The summed E-state index contributed by atoms with van der Waals surface area (Å²) in [5, 5.41) is 2.88. The quantitative estimate of drug-likeness (QED) is 0.643. The first-order valence-electron chi connectivity index (χ1n) is 8.75. The second-order valence-electron chi connectivity index (χ2n) is 5.92. The predicted molar refractivity (Wildman–Crippen MR) is 105 cm³/mol. The third-order valence-electron chi connectivity index (χ3n) is 4.12. The molecule has 6 heteroatoms. The van der Waals surface area contributed by atoms with Crippen molar-refractivity contribution in [3.63, 3.8) is 0 Å². The number of H-pyrrole nitrogens is 1. The minimum Gasteiger partial charge on any atom is -0.361 e. The fraction of sp³-hybridized carbons (Fsp3) is 0.300. The molecule has 0 unspecified atom stereocenters. The monoisotopic (exact) mass is 370 g/mol. The highest BCUT2D eigenvalue weighted by Gasteiger charge is 2.17. The van der Waals surface area contributed by atoms with Crippen LogP contribution in [-0.4, -0.2) is 16.2 Å². The summed E-state index contributed by atoms with van der Waals surface area (Å²) in [5.41, 5.74) is -0.122. The summed E-state index contributed by atoms with van der Waals surface area (Å²) < 4.78 is 6.98. The van der Waals surface area contributed by atoms with E-state index in [1.54, 1.807) is 0 Å². The summed E-state index contributed by atoms with van der Waals surface area (Å²) >= 11 is 1.45. The summed E-state index contributed by atoms with van der Waals surface area (Å²) in [4.78, 5) is 28.2. The third kappa shape index (κ3) is 3.76. The first-order valence-corrected chi connectivity index (χ1v) is 9.56. The van der Waals surface area contributed by atoms with E-state index in [0.29, 0.717) is 23.6 Å². The normalized spacial score (nSPS) is 11.2. The zero-order valence-electron chi connectivity index (χ0n) is 15.0. The molecule has 0 atom stereocenters. The molecule has 3 aromatic rings. The Morgan fingerprint density at radius 3 is 2.62 bits per heavy atom. The third-order valence-corrected chi connectivity index (χ3v) is 5.36. The Morgan fingerprint density at radius 1 is 1.08 bits per heavy atom. The molecule has 26 heavy (non-hydrogen) atoms. The second-order valence-corrected chi connectivity index (χ2v) is 6.95.